The minimum absolute atomic E-state index is 0.113. The third-order valence-corrected chi connectivity index (χ3v) is 3.97. The lowest BCUT2D eigenvalue weighted by molar-refractivity contribution is -0.107. The van der Waals surface area contributed by atoms with Crippen molar-refractivity contribution in [2.45, 2.75) is 11.4 Å². The molecule has 90 valence electrons. The Balaban J connectivity index is 2.27. The van der Waals surface area contributed by atoms with Crippen molar-refractivity contribution in [3.8, 4) is 0 Å². The van der Waals surface area contributed by atoms with Crippen LogP contribution in [0.25, 0.3) is 0 Å². The van der Waals surface area contributed by atoms with E-state index >= 15 is 0 Å². The van der Waals surface area contributed by atoms with E-state index in [4.69, 9.17) is 16.3 Å². The lowest BCUT2D eigenvalue weighted by atomic mass is 10.1. The molecule has 3 nitrogen and oxygen atoms in total. The van der Waals surface area contributed by atoms with Crippen molar-refractivity contribution in [1.82, 2.24) is 0 Å². The summed E-state index contributed by atoms with van der Waals surface area (Å²) in [5.41, 5.74) is 0.601. The summed E-state index contributed by atoms with van der Waals surface area (Å²) in [4.78, 5) is 11.3. The summed E-state index contributed by atoms with van der Waals surface area (Å²) in [7, 11) is 1.48. The van der Waals surface area contributed by atoms with E-state index in [1.165, 1.54) is 13.2 Å². The monoisotopic (exact) mass is 270 g/mol. The summed E-state index contributed by atoms with van der Waals surface area (Å²) in [5, 5.41) is 10.2. The van der Waals surface area contributed by atoms with E-state index in [1.54, 1.807) is 24.3 Å². The molecule has 2 atom stereocenters. The zero-order valence-electron chi connectivity index (χ0n) is 9.09. The molecule has 0 saturated carbocycles. The topological polar surface area (TPSA) is 46.5 Å². The van der Waals surface area contributed by atoms with Gasteiger partial charge in [0.25, 0.3) is 0 Å². The van der Waals surface area contributed by atoms with Gasteiger partial charge in [-0.25, -0.2) is 0 Å². The number of carbonyl (C=O) groups excluding carboxylic acids is 1. The lowest BCUT2D eigenvalue weighted by Crippen LogP contribution is -2.16. The Morgan fingerprint density at radius 3 is 2.82 bits per heavy atom. The van der Waals surface area contributed by atoms with Gasteiger partial charge in [-0.3, -0.25) is 4.79 Å². The third-order valence-electron chi connectivity index (χ3n) is 2.53. The minimum atomic E-state index is -0.855. The van der Waals surface area contributed by atoms with Gasteiger partial charge in [0.1, 0.15) is 11.0 Å². The van der Waals surface area contributed by atoms with E-state index < -0.39 is 11.4 Å². The van der Waals surface area contributed by atoms with Crippen LogP contribution in [0, 0.1) is 0 Å². The van der Waals surface area contributed by atoms with Gasteiger partial charge in [-0.2, -0.15) is 0 Å². The number of methoxy groups -OCH3 is 1. The fraction of sp³-hybridized carbons (Fsp3) is 0.250. The largest absolute Gasteiger partial charge is 0.500 e. The SMILES string of the molecule is COC1=CC(=O)S[C@@H]1[C@H](O)c1ccccc1Cl. The smallest absolute Gasteiger partial charge is 0.216 e. The van der Waals surface area contributed by atoms with Crippen LogP contribution in [0.15, 0.2) is 36.1 Å². The van der Waals surface area contributed by atoms with Crippen LogP contribution in [0.1, 0.15) is 11.7 Å². The zero-order valence-corrected chi connectivity index (χ0v) is 10.7. The maximum atomic E-state index is 11.3. The molecule has 0 radical (unpaired) electrons. The summed E-state index contributed by atoms with van der Waals surface area (Å²) >= 11 is 7.06. The highest BCUT2D eigenvalue weighted by molar-refractivity contribution is 8.15. The second kappa shape index (κ2) is 5.12. The molecule has 0 saturated heterocycles. The van der Waals surface area contributed by atoms with Crippen molar-refractivity contribution < 1.29 is 14.6 Å². The van der Waals surface area contributed by atoms with Crippen molar-refractivity contribution in [1.29, 1.82) is 0 Å². The summed E-state index contributed by atoms with van der Waals surface area (Å²) in [6, 6.07) is 7.03. The predicted molar refractivity (Wildman–Crippen MR) is 67.9 cm³/mol. The highest BCUT2D eigenvalue weighted by Crippen LogP contribution is 2.39. The van der Waals surface area contributed by atoms with Gasteiger partial charge in [0.15, 0.2) is 0 Å². The van der Waals surface area contributed by atoms with Gasteiger partial charge in [-0.1, -0.05) is 41.6 Å². The van der Waals surface area contributed by atoms with Gasteiger partial charge in [-0.05, 0) is 6.07 Å². The first-order valence-electron chi connectivity index (χ1n) is 5.02. The molecule has 2 rings (SSSR count). The molecule has 0 aliphatic carbocycles. The number of rotatable bonds is 3. The lowest BCUT2D eigenvalue weighted by Gasteiger charge is -2.20. The minimum Gasteiger partial charge on any atom is -0.500 e. The molecule has 0 bridgehead atoms. The number of halogens is 1. The van der Waals surface area contributed by atoms with Crippen LogP contribution >= 0.6 is 23.4 Å². The molecule has 1 aromatic carbocycles. The van der Waals surface area contributed by atoms with E-state index in [1.807, 2.05) is 0 Å². The number of aliphatic hydroxyl groups is 1. The average molecular weight is 271 g/mol. The van der Waals surface area contributed by atoms with Crippen LogP contribution in [-0.2, 0) is 9.53 Å². The van der Waals surface area contributed by atoms with Crippen molar-refractivity contribution in [3.05, 3.63) is 46.7 Å². The van der Waals surface area contributed by atoms with Crippen molar-refractivity contribution in [2.75, 3.05) is 7.11 Å². The molecule has 1 aliphatic heterocycles. The molecule has 0 spiro atoms. The maximum Gasteiger partial charge on any atom is 0.216 e. The highest BCUT2D eigenvalue weighted by atomic mass is 35.5. The first kappa shape index (κ1) is 12.5. The molecule has 1 aromatic rings. The van der Waals surface area contributed by atoms with Crippen molar-refractivity contribution in [2.24, 2.45) is 0 Å². The first-order valence-corrected chi connectivity index (χ1v) is 6.28. The van der Waals surface area contributed by atoms with Crippen LogP contribution in [0.5, 0.6) is 0 Å². The molecule has 1 N–H and O–H groups in total. The average Bonchev–Trinajstić information content (AvgIpc) is 2.70. The molecule has 17 heavy (non-hydrogen) atoms. The Morgan fingerprint density at radius 2 is 2.18 bits per heavy atom. The number of hydrogen-bond donors (Lipinski definition) is 1. The Labute approximate surface area is 108 Å². The molecule has 1 aliphatic rings. The number of ether oxygens (including phenoxy) is 1. The second-order valence-electron chi connectivity index (χ2n) is 3.57. The fourth-order valence-electron chi connectivity index (χ4n) is 1.69. The number of aliphatic hydroxyl groups excluding tert-OH is 1. The van der Waals surface area contributed by atoms with Gasteiger partial charge >= 0.3 is 0 Å². The summed E-state index contributed by atoms with van der Waals surface area (Å²) in [6.45, 7) is 0. The molecule has 1 heterocycles. The van der Waals surface area contributed by atoms with Crippen LogP contribution in [0.2, 0.25) is 5.02 Å². The molecular formula is C12H11ClO3S. The van der Waals surface area contributed by atoms with E-state index in [2.05, 4.69) is 0 Å². The zero-order chi connectivity index (χ0) is 12.4. The van der Waals surface area contributed by atoms with E-state index in [0.29, 0.717) is 16.3 Å². The first-order chi connectivity index (χ1) is 8.13. The van der Waals surface area contributed by atoms with Gasteiger partial charge in [-0.15, -0.1) is 0 Å². The Kier molecular flexibility index (Phi) is 3.76. The standard InChI is InChI=1S/C12H11ClO3S/c1-16-9-6-10(14)17-12(9)11(15)7-4-2-3-5-8(7)13/h2-6,11-12,15H,1H3/t11-,12+/m1/s1. The summed E-state index contributed by atoms with van der Waals surface area (Å²) in [5.74, 6) is 0.479. The Hall–Kier alpha value is -0.970. The van der Waals surface area contributed by atoms with Crippen LogP contribution in [0.3, 0.4) is 0 Å². The molecule has 0 unspecified atom stereocenters. The summed E-state index contributed by atoms with van der Waals surface area (Å²) < 4.78 is 5.09. The number of carbonyl (C=O) groups is 1. The molecule has 0 amide bonds. The van der Waals surface area contributed by atoms with E-state index in [0.717, 1.165) is 11.8 Å². The Morgan fingerprint density at radius 1 is 1.47 bits per heavy atom. The van der Waals surface area contributed by atoms with Gasteiger partial charge in [0.2, 0.25) is 5.12 Å². The van der Waals surface area contributed by atoms with E-state index in [-0.39, 0.29) is 5.12 Å². The molecule has 5 heteroatoms. The normalized spacial score (nSPS) is 21.2. The van der Waals surface area contributed by atoms with Crippen molar-refractivity contribution >= 4 is 28.5 Å². The predicted octanol–water partition coefficient (Wildman–Crippen LogP) is 2.55. The summed E-state index contributed by atoms with van der Waals surface area (Å²) in [6.07, 6.45) is 0.543. The molecule has 0 aromatic heterocycles. The van der Waals surface area contributed by atoms with Gasteiger partial charge in [0.05, 0.1) is 13.2 Å². The van der Waals surface area contributed by atoms with Gasteiger partial charge in [0, 0.05) is 16.7 Å². The quantitative estimate of drug-likeness (QED) is 0.917. The number of benzene rings is 1. The Bertz CT molecular complexity index is 473. The number of thioether (sulfide) groups is 1. The fourth-order valence-corrected chi connectivity index (χ4v) is 2.93. The van der Waals surface area contributed by atoms with Crippen LogP contribution < -0.4 is 0 Å². The van der Waals surface area contributed by atoms with Gasteiger partial charge < -0.3 is 9.84 Å². The second-order valence-corrected chi connectivity index (χ2v) is 5.13. The van der Waals surface area contributed by atoms with E-state index in [9.17, 15) is 9.90 Å². The van der Waals surface area contributed by atoms with Crippen LogP contribution in [0.4, 0.5) is 0 Å². The van der Waals surface area contributed by atoms with Crippen LogP contribution in [-0.4, -0.2) is 22.6 Å². The maximum absolute atomic E-state index is 11.3. The third kappa shape index (κ3) is 2.49. The molecular weight excluding hydrogens is 260 g/mol. The highest BCUT2D eigenvalue weighted by Gasteiger charge is 2.34. The number of hydrogen-bond acceptors (Lipinski definition) is 4. The van der Waals surface area contributed by atoms with Crippen molar-refractivity contribution in [3.63, 3.8) is 0 Å². The molecule has 0 fully saturated rings.